The lowest BCUT2D eigenvalue weighted by atomic mass is 10.2. The first-order valence-corrected chi connectivity index (χ1v) is 4.50. The lowest BCUT2D eigenvalue weighted by Crippen LogP contribution is -2.06. The van der Waals surface area contributed by atoms with Crippen LogP contribution in [0.4, 0.5) is 5.69 Å². The lowest BCUT2D eigenvalue weighted by molar-refractivity contribution is -0.136. The van der Waals surface area contributed by atoms with Gasteiger partial charge in [-0.1, -0.05) is 11.6 Å². The number of halogens is 2. The third-order valence-corrected chi connectivity index (χ3v) is 2.22. The smallest absolute Gasteiger partial charge is 0.309 e. The van der Waals surface area contributed by atoms with Crippen molar-refractivity contribution in [2.24, 2.45) is 0 Å². The zero-order valence-corrected chi connectivity index (χ0v) is 8.76. The highest BCUT2D eigenvalue weighted by molar-refractivity contribution is 9.10. The normalized spacial score (nSPS) is 10.0. The molecular weight excluding hydrogens is 259 g/mol. The van der Waals surface area contributed by atoms with E-state index in [1.165, 1.54) is 6.07 Å². The Kier molecular flexibility index (Phi) is 3.11. The molecule has 0 unspecified atom stereocenters. The topological polar surface area (TPSA) is 76.2 Å². The Bertz CT molecular complexity index is 357. The van der Waals surface area contributed by atoms with Crippen LogP contribution < -0.4 is 5.73 Å². The molecular formula is C7H6BrClN2O2. The molecule has 0 aliphatic heterocycles. The van der Waals surface area contributed by atoms with Gasteiger partial charge in [-0.3, -0.25) is 4.79 Å². The second-order valence-electron chi connectivity index (χ2n) is 2.36. The number of nitrogens with zero attached hydrogens (tertiary/aromatic N) is 1. The summed E-state index contributed by atoms with van der Waals surface area (Å²) in [6, 6.07) is 1.52. The molecule has 6 heteroatoms. The van der Waals surface area contributed by atoms with Gasteiger partial charge in [-0.15, -0.1) is 0 Å². The van der Waals surface area contributed by atoms with E-state index in [0.29, 0.717) is 10.2 Å². The average Bonchev–Trinajstić information content (AvgIpc) is 1.98. The molecule has 4 nitrogen and oxygen atoms in total. The number of pyridine rings is 1. The molecule has 1 heterocycles. The number of carboxylic acid groups (broad SMARTS) is 1. The van der Waals surface area contributed by atoms with Gasteiger partial charge in [0.1, 0.15) is 5.15 Å². The molecule has 0 aliphatic carbocycles. The molecule has 0 atom stereocenters. The van der Waals surface area contributed by atoms with Crippen molar-refractivity contribution in [2.75, 3.05) is 5.73 Å². The number of carbonyl (C=O) groups is 1. The predicted molar refractivity (Wildman–Crippen MR) is 52.7 cm³/mol. The number of carboxylic acids is 1. The molecule has 13 heavy (non-hydrogen) atoms. The Morgan fingerprint density at radius 3 is 2.92 bits per heavy atom. The molecule has 0 bridgehead atoms. The summed E-state index contributed by atoms with van der Waals surface area (Å²) >= 11 is 8.76. The number of rotatable bonds is 2. The lowest BCUT2D eigenvalue weighted by Gasteiger charge is -2.04. The van der Waals surface area contributed by atoms with Crippen LogP contribution in [0.2, 0.25) is 5.15 Å². The van der Waals surface area contributed by atoms with Gasteiger partial charge >= 0.3 is 5.97 Å². The van der Waals surface area contributed by atoms with Crippen molar-refractivity contribution in [1.82, 2.24) is 4.98 Å². The number of anilines is 1. The van der Waals surface area contributed by atoms with Gasteiger partial charge in [0.25, 0.3) is 0 Å². The molecule has 70 valence electrons. The highest BCUT2D eigenvalue weighted by Gasteiger charge is 2.10. The zero-order valence-electron chi connectivity index (χ0n) is 6.42. The van der Waals surface area contributed by atoms with Crippen LogP contribution in [0.15, 0.2) is 10.5 Å². The van der Waals surface area contributed by atoms with E-state index in [0.717, 1.165) is 0 Å². The first-order valence-electron chi connectivity index (χ1n) is 3.33. The molecule has 0 amide bonds. The van der Waals surface area contributed by atoms with Crippen LogP contribution >= 0.6 is 27.5 Å². The van der Waals surface area contributed by atoms with Crippen molar-refractivity contribution in [3.8, 4) is 0 Å². The fourth-order valence-corrected chi connectivity index (χ4v) is 1.61. The van der Waals surface area contributed by atoms with Gasteiger partial charge in [0.05, 0.1) is 17.8 Å². The summed E-state index contributed by atoms with van der Waals surface area (Å²) in [5.74, 6) is -0.992. The van der Waals surface area contributed by atoms with Crippen LogP contribution in [0, 0.1) is 0 Å². The second-order valence-corrected chi connectivity index (χ2v) is 3.60. The molecule has 0 radical (unpaired) electrons. The quantitative estimate of drug-likeness (QED) is 0.798. The Labute approximate surface area is 87.8 Å². The molecule has 0 aromatic carbocycles. The molecule has 0 spiro atoms. The van der Waals surface area contributed by atoms with Crippen molar-refractivity contribution in [1.29, 1.82) is 0 Å². The van der Waals surface area contributed by atoms with Gasteiger partial charge in [0.2, 0.25) is 0 Å². The minimum absolute atomic E-state index is 0.220. The maximum absolute atomic E-state index is 10.4. The van der Waals surface area contributed by atoms with E-state index in [1.807, 2.05) is 0 Å². The van der Waals surface area contributed by atoms with Crippen LogP contribution in [0.3, 0.4) is 0 Å². The van der Waals surface area contributed by atoms with Crippen LogP contribution in [-0.2, 0) is 11.2 Å². The van der Waals surface area contributed by atoms with E-state index in [2.05, 4.69) is 20.9 Å². The van der Waals surface area contributed by atoms with E-state index in [4.69, 9.17) is 22.4 Å². The van der Waals surface area contributed by atoms with Crippen LogP contribution in [0.25, 0.3) is 0 Å². The molecule has 0 aliphatic rings. The van der Waals surface area contributed by atoms with Crippen molar-refractivity contribution < 1.29 is 9.90 Å². The number of nitrogen functional groups attached to an aromatic ring is 1. The minimum atomic E-state index is -0.992. The zero-order chi connectivity index (χ0) is 10.0. The highest BCUT2D eigenvalue weighted by Crippen LogP contribution is 2.25. The third-order valence-electron chi connectivity index (χ3n) is 1.37. The number of aromatic nitrogens is 1. The van der Waals surface area contributed by atoms with Gasteiger partial charge in [-0.2, -0.15) is 0 Å². The SMILES string of the molecule is Nc1c(Br)cc(Cl)nc1CC(=O)O. The molecule has 0 saturated carbocycles. The molecule has 1 aromatic rings. The van der Waals surface area contributed by atoms with Crippen LogP contribution in [-0.4, -0.2) is 16.1 Å². The maximum atomic E-state index is 10.4. The van der Waals surface area contributed by atoms with Crippen LogP contribution in [0.5, 0.6) is 0 Å². The average molecular weight is 265 g/mol. The van der Waals surface area contributed by atoms with Gasteiger partial charge in [-0.05, 0) is 22.0 Å². The summed E-state index contributed by atoms with van der Waals surface area (Å²) < 4.78 is 0.559. The van der Waals surface area contributed by atoms with Crippen LogP contribution in [0.1, 0.15) is 5.69 Å². The molecule has 0 fully saturated rings. The fraction of sp³-hybridized carbons (Fsp3) is 0.143. The first kappa shape index (κ1) is 10.3. The number of aliphatic carboxylic acids is 1. The highest BCUT2D eigenvalue weighted by atomic mass is 79.9. The van der Waals surface area contributed by atoms with Crippen molar-refractivity contribution >= 4 is 39.2 Å². The Morgan fingerprint density at radius 2 is 2.38 bits per heavy atom. The first-order chi connectivity index (χ1) is 6.00. The standard InChI is InChI=1S/C7H6BrClN2O2/c8-3-1-5(9)11-4(7(3)10)2-6(12)13/h1H,2,10H2,(H,12,13). The summed E-state index contributed by atoms with van der Waals surface area (Å²) in [7, 11) is 0. The van der Waals surface area contributed by atoms with E-state index in [1.54, 1.807) is 0 Å². The molecule has 1 rings (SSSR count). The molecule has 3 N–H and O–H groups in total. The van der Waals surface area contributed by atoms with Gasteiger partial charge in [0.15, 0.2) is 0 Å². The summed E-state index contributed by atoms with van der Waals surface area (Å²) in [6.07, 6.45) is -0.231. The Morgan fingerprint density at radius 1 is 1.77 bits per heavy atom. The van der Waals surface area contributed by atoms with E-state index in [-0.39, 0.29) is 17.3 Å². The van der Waals surface area contributed by atoms with Gasteiger partial charge < -0.3 is 10.8 Å². The maximum Gasteiger partial charge on any atom is 0.309 e. The summed E-state index contributed by atoms with van der Waals surface area (Å²) in [6.45, 7) is 0. The number of hydrogen-bond donors (Lipinski definition) is 2. The summed E-state index contributed by atoms with van der Waals surface area (Å²) in [5.41, 5.74) is 6.15. The van der Waals surface area contributed by atoms with Crippen molar-refractivity contribution in [3.05, 3.63) is 21.4 Å². The van der Waals surface area contributed by atoms with E-state index < -0.39 is 5.97 Å². The fourth-order valence-electron chi connectivity index (χ4n) is 0.820. The molecule has 0 saturated heterocycles. The number of nitrogens with two attached hydrogens (primary N) is 1. The summed E-state index contributed by atoms with van der Waals surface area (Å²) in [4.78, 5) is 14.2. The van der Waals surface area contributed by atoms with E-state index >= 15 is 0 Å². The third kappa shape index (κ3) is 2.57. The van der Waals surface area contributed by atoms with Gasteiger partial charge in [0, 0.05) is 4.47 Å². The minimum Gasteiger partial charge on any atom is -0.481 e. The van der Waals surface area contributed by atoms with Gasteiger partial charge in [-0.25, -0.2) is 4.98 Å². The monoisotopic (exact) mass is 264 g/mol. The molecule has 1 aromatic heterocycles. The number of hydrogen-bond acceptors (Lipinski definition) is 3. The Hall–Kier alpha value is -0.810. The Balaban J connectivity index is 3.12. The van der Waals surface area contributed by atoms with E-state index in [9.17, 15) is 4.79 Å². The van der Waals surface area contributed by atoms with Crippen molar-refractivity contribution in [3.63, 3.8) is 0 Å². The van der Waals surface area contributed by atoms with Crippen molar-refractivity contribution in [2.45, 2.75) is 6.42 Å². The predicted octanol–water partition coefficient (Wildman–Crippen LogP) is 1.71. The second kappa shape index (κ2) is 3.93. The largest absolute Gasteiger partial charge is 0.481 e. The summed E-state index contributed by atoms with van der Waals surface area (Å²) in [5, 5.41) is 8.74.